The molecular weight excluding hydrogens is 545 g/mol. The molecule has 0 unspecified atom stereocenters. The summed E-state index contributed by atoms with van der Waals surface area (Å²) >= 11 is 0. The molecule has 0 bridgehead atoms. The number of carbonyl (C=O) groups is 2. The largest absolute Gasteiger partial charge is 0.543 e. The van der Waals surface area contributed by atoms with Crippen molar-refractivity contribution in [1.29, 1.82) is 0 Å². The Kier molecular flexibility index (Phi) is 13.6. The summed E-state index contributed by atoms with van der Waals surface area (Å²) in [6, 6.07) is 6.15. The minimum atomic E-state index is -2.09. The highest BCUT2D eigenvalue weighted by atomic mass is 28.4. The van der Waals surface area contributed by atoms with Crippen LogP contribution in [0.5, 0.6) is 11.5 Å². The predicted molar refractivity (Wildman–Crippen MR) is 178 cm³/mol. The summed E-state index contributed by atoms with van der Waals surface area (Å²) in [6.45, 7) is 26.3. The lowest BCUT2D eigenvalue weighted by atomic mass is 10.0. The standard InChI is InChI=1S/C34H56O5Si2/c1-26(16-14-18-27(2)25-35)17-15-19-28(32(36)37-9)20-21-29-24-30(38-40(10,11)33(3,4)5)22-23-31(29)39-41(12,13)34(6,7)8/h17-18,20,22-25H,14-16,19,21H2,1-13H3. The van der Waals surface area contributed by atoms with E-state index in [1.807, 2.05) is 31.2 Å². The van der Waals surface area contributed by atoms with Gasteiger partial charge in [-0.3, -0.25) is 4.79 Å². The number of benzene rings is 1. The molecule has 5 nitrogen and oxygen atoms in total. The molecule has 41 heavy (non-hydrogen) atoms. The summed E-state index contributed by atoms with van der Waals surface area (Å²) in [4.78, 5) is 23.5. The van der Waals surface area contributed by atoms with Crippen molar-refractivity contribution in [3.63, 3.8) is 0 Å². The van der Waals surface area contributed by atoms with Crippen molar-refractivity contribution < 1.29 is 23.2 Å². The molecular formula is C34H56O5Si2. The van der Waals surface area contributed by atoms with Gasteiger partial charge in [0.25, 0.3) is 0 Å². The molecule has 0 aromatic heterocycles. The van der Waals surface area contributed by atoms with Gasteiger partial charge in [-0.1, -0.05) is 65.3 Å². The van der Waals surface area contributed by atoms with Crippen LogP contribution >= 0.6 is 0 Å². The lowest BCUT2D eigenvalue weighted by molar-refractivity contribution is -0.136. The average molecular weight is 601 g/mol. The van der Waals surface area contributed by atoms with Crippen molar-refractivity contribution >= 4 is 28.9 Å². The molecule has 0 amide bonds. The Morgan fingerprint density at radius 2 is 1.39 bits per heavy atom. The van der Waals surface area contributed by atoms with Crippen LogP contribution in [-0.4, -0.2) is 36.0 Å². The van der Waals surface area contributed by atoms with Crippen molar-refractivity contribution in [2.75, 3.05) is 7.11 Å². The minimum Gasteiger partial charge on any atom is -0.543 e. The number of carbonyl (C=O) groups excluding carboxylic acids is 2. The van der Waals surface area contributed by atoms with Crippen LogP contribution in [0.2, 0.25) is 36.3 Å². The number of allylic oxidation sites excluding steroid dienone is 5. The Bertz CT molecular complexity index is 1130. The van der Waals surface area contributed by atoms with E-state index in [0.29, 0.717) is 18.4 Å². The van der Waals surface area contributed by atoms with E-state index >= 15 is 0 Å². The zero-order valence-electron chi connectivity index (χ0n) is 28.1. The monoisotopic (exact) mass is 600 g/mol. The molecule has 0 aliphatic heterocycles. The summed E-state index contributed by atoms with van der Waals surface area (Å²) in [7, 11) is -2.68. The van der Waals surface area contributed by atoms with Crippen LogP contribution in [0.25, 0.3) is 0 Å². The number of methoxy groups -OCH3 is 1. The summed E-state index contributed by atoms with van der Waals surface area (Å²) in [5.74, 6) is 1.40. The van der Waals surface area contributed by atoms with Gasteiger partial charge in [-0.15, -0.1) is 0 Å². The average Bonchev–Trinajstić information content (AvgIpc) is 2.85. The van der Waals surface area contributed by atoms with Gasteiger partial charge in [0, 0.05) is 11.1 Å². The lowest BCUT2D eigenvalue weighted by Crippen LogP contribution is -2.44. The highest BCUT2D eigenvalue weighted by molar-refractivity contribution is 6.75. The Morgan fingerprint density at radius 1 is 0.829 bits per heavy atom. The fraction of sp³-hybridized carbons (Fsp3) is 0.588. The highest BCUT2D eigenvalue weighted by Crippen LogP contribution is 2.41. The van der Waals surface area contributed by atoms with E-state index in [4.69, 9.17) is 13.6 Å². The van der Waals surface area contributed by atoms with Gasteiger partial charge < -0.3 is 13.6 Å². The second-order valence-corrected chi connectivity index (χ2v) is 23.6. The van der Waals surface area contributed by atoms with Gasteiger partial charge in [0.1, 0.15) is 17.8 Å². The molecule has 0 N–H and O–H groups in total. The van der Waals surface area contributed by atoms with Gasteiger partial charge in [-0.2, -0.15) is 0 Å². The maximum Gasteiger partial charge on any atom is 0.333 e. The van der Waals surface area contributed by atoms with E-state index in [2.05, 4.69) is 86.8 Å². The molecule has 0 aliphatic carbocycles. The van der Waals surface area contributed by atoms with E-state index in [1.54, 1.807) is 0 Å². The molecule has 7 heteroatoms. The van der Waals surface area contributed by atoms with Gasteiger partial charge in [0.15, 0.2) is 0 Å². The predicted octanol–water partition coefficient (Wildman–Crippen LogP) is 9.75. The highest BCUT2D eigenvalue weighted by Gasteiger charge is 2.40. The molecule has 0 saturated heterocycles. The SMILES string of the molecule is COC(=O)C(=CCc1cc(O[Si](C)(C)C(C)(C)C)ccc1O[Si](C)(C)C(C)(C)C)CCC=C(C)CCC=C(C)C=O. The Labute approximate surface area is 252 Å². The zero-order valence-corrected chi connectivity index (χ0v) is 30.1. The van der Waals surface area contributed by atoms with Crippen LogP contribution in [-0.2, 0) is 20.7 Å². The zero-order chi connectivity index (χ0) is 31.6. The van der Waals surface area contributed by atoms with Crippen molar-refractivity contribution in [2.24, 2.45) is 0 Å². The molecule has 0 fully saturated rings. The molecule has 0 heterocycles. The van der Waals surface area contributed by atoms with Crippen molar-refractivity contribution in [1.82, 2.24) is 0 Å². The van der Waals surface area contributed by atoms with E-state index in [-0.39, 0.29) is 16.0 Å². The smallest absolute Gasteiger partial charge is 0.333 e. The van der Waals surface area contributed by atoms with Gasteiger partial charge in [-0.25, -0.2) is 4.79 Å². The molecule has 1 aromatic rings. The fourth-order valence-corrected chi connectivity index (χ4v) is 5.64. The lowest BCUT2D eigenvalue weighted by Gasteiger charge is -2.38. The number of aldehydes is 1. The number of hydrogen-bond acceptors (Lipinski definition) is 5. The normalized spacial score (nSPS) is 14.1. The topological polar surface area (TPSA) is 61.8 Å². The van der Waals surface area contributed by atoms with Crippen LogP contribution in [0.3, 0.4) is 0 Å². The van der Waals surface area contributed by atoms with Gasteiger partial charge in [0.2, 0.25) is 16.6 Å². The molecule has 0 atom stereocenters. The van der Waals surface area contributed by atoms with E-state index in [1.165, 1.54) is 12.7 Å². The second kappa shape index (κ2) is 15.2. The summed E-state index contributed by atoms with van der Waals surface area (Å²) in [5.41, 5.74) is 3.66. The first-order valence-electron chi connectivity index (χ1n) is 14.8. The summed E-state index contributed by atoms with van der Waals surface area (Å²) in [5, 5.41) is 0.135. The first kappa shape index (κ1) is 36.6. The number of rotatable bonds is 14. The summed E-state index contributed by atoms with van der Waals surface area (Å²) in [6.07, 6.45) is 10.6. The molecule has 230 valence electrons. The van der Waals surface area contributed by atoms with Crippen molar-refractivity contribution in [3.05, 3.63) is 58.7 Å². The third-order valence-corrected chi connectivity index (χ3v) is 17.2. The van der Waals surface area contributed by atoms with E-state index < -0.39 is 16.6 Å². The molecule has 0 aliphatic rings. The third kappa shape index (κ3) is 11.8. The molecule has 1 aromatic carbocycles. The minimum absolute atomic E-state index is 0.0551. The van der Waals surface area contributed by atoms with Crippen LogP contribution < -0.4 is 8.85 Å². The first-order valence-corrected chi connectivity index (χ1v) is 20.6. The summed E-state index contributed by atoms with van der Waals surface area (Å²) < 4.78 is 18.5. The van der Waals surface area contributed by atoms with Gasteiger partial charge >= 0.3 is 5.97 Å². The van der Waals surface area contributed by atoms with E-state index in [9.17, 15) is 9.59 Å². The van der Waals surface area contributed by atoms with Gasteiger partial charge in [0.05, 0.1) is 7.11 Å². The first-order chi connectivity index (χ1) is 18.7. The number of esters is 1. The van der Waals surface area contributed by atoms with E-state index in [0.717, 1.165) is 48.2 Å². The molecule has 0 radical (unpaired) electrons. The molecule has 0 saturated carbocycles. The molecule has 0 spiro atoms. The number of ether oxygens (including phenoxy) is 1. The Morgan fingerprint density at radius 3 is 1.93 bits per heavy atom. The van der Waals surface area contributed by atoms with Crippen LogP contribution in [0, 0.1) is 0 Å². The van der Waals surface area contributed by atoms with Crippen molar-refractivity contribution in [3.8, 4) is 11.5 Å². The maximum absolute atomic E-state index is 12.7. The fourth-order valence-electron chi connectivity index (χ4n) is 3.56. The van der Waals surface area contributed by atoms with Crippen LogP contribution in [0.1, 0.15) is 86.6 Å². The van der Waals surface area contributed by atoms with Crippen molar-refractivity contribution in [2.45, 2.75) is 124 Å². The van der Waals surface area contributed by atoms with Crippen LogP contribution in [0.15, 0.2) is 53.1 Å². The van der Waals surface area contributed by atoms with Crippen LogP contribution in [0.4, 0.5) is 0 Å². The maximum atomic E-state index is 12.7. The third-order valence-electron chi connectivity index (χ3n) is 8.50. The second-order valence-electron chi connectivity index (χ2n) is 14.1. The van der Waals surface area contributed by atoms with Gasteiger partial charge in [-0.05, 0) is 106 Å². The molecule has 1 rings (SSSR count). The quantitative estimate of drug-likeness (QED) is 0.0699. The Hall–Kier alpha value is -2.39. The Balaban J connectivity index is 3.31. The number of hydrogen-bond donors (Lipinski definition) is 0.